The number of nitriles is 1. The molecule has 7 nitrogen and oxygen atoms in total. The van der Waals surface area contributed by atoms with Gasteiger partial charge in [-0.15, -0.1) is 0 Å². The Morgan fingerprint density at radius 3 is 3.04 bits per heavy atom. The Morgan fingerprint density at radius 2 is 2.35 bits per heavy atom. The number of hydrogen-bond acceptors (Lipinski definition) is 6. The summed E-state index contributed by atoms with van der Waals surface area (Å²) >= 11 is 0. The lowest BCUT2D eigenvalue weighted by molar-refractivity contribution is -0.130. The van der Waals surface area contributed by atoms with Crippen molar-refractivity contribution in [2.75, 3.05) is 31.5 Å². The van der Waals surface area contributed by atoms with Gasteiger partial charge in [0, 0.05) is 31.9 Å². The maximum Gasteiger partial charge on any atom is 0.237 e. The molecule has 1 aromatic heterocycles. The van der Waals surface area contributed by atoms with Gasteiger partial charge in [0.25, 0.3) is 0 Å². The second-order valence-electron chi connectivity index (χ2n) is 5.18. The van der Waals surface area contributed by atoms with Crippen LogP contribution in [0, 0.1) is 23.3 Å². The SMILES string of the molecule is N#Cc1ccc(NCCNCC(=O)N2CCCC2C#CN)nc1. The first-order valence-electron chi connectivity index (χ1n) is 7.56. The summed E-state index contributed by atoms with van der Waals surface area (Å²) in [5, 5.41) is 14.9. The lowest BCUT2D eigenvalue weighted by Crippen LogP contribution is -2.41. The molecule has 0 bridgehead atoms. The predicted octanol–water partition coefficient (Wildman–Crippen LogP) is -0.135. The van der Waals surface area contributed by atoms with E-state index in [4.69, 9.17) is 11.0 Å². The monoisotopic (exact) mass is 312 g/mol. The van der Waals surface area contributed by atoms with Gasteiger partial charge in [0.2, 0.25) is 5.91 Å². The largest absolute Gasteiger partial charge is 0.369 e. The molecular formula is C16H20N6O. The molecule has 1 amide bonds. The van der Waals surface area contributed by atoms with E-state index >= 15 is 0 Å². The number of amides is 1. The van der Waals surface area contributed by atoms with E-state index in [2.05, 4.69) is 27.6 Å². The molecule has 23 heavy (non-hydrogen) atoms. The van der Waals surface area contributed by atoms with Crippen LogP contribution in [0.3, 0.4) is 0 Å². The molecule has 0 saturated carbocycles. The van der Waals surface area contributed by atoms with E-state index in [9.17, 15) is 4.79 Å². The molecule has 2 rings (SSSR count). The van der Waals surface area contributed by atoms with Crippen molar-refractivity contribution in [1.82, 2.24) is 15.2 Å². The zero-order valence-electron chi connectivity index (χ0n) is 12.9. The molecule has 1 saturated heterocycles. The Bertz CT molecular complexity index is 625. The molecule has 0 aromatic carbocycles. The first-order chi connectivity index (χ1) is 11.2. The second-order valence-corrected chi connectivity index (χ2v) is 5.18. The van der Waals surface area contributed by atoms with E-state index in [0.717, 1.165) is 19.4 Å². The quantitative estimate of drug-likeness (QED) is 0.383. The van der Waals surface area contributed by atoms with Crippen LogP contribution in [0.4, 0.5) is 5.82 Å². The molecule has 4 N–H and O–H groups in total. The fourth-order valence-corrected chi connectivity index (χ4v) is 2.45. The smallest absolute Gasteiger partial charge is 0.237 e. The number of likely N-dealkylation sites (tertiary alicyclic amines) is 1. The van der Waals surface area contributed by atoms with Crippen LogP contribution in [0.15, 0.2) is 18.3 Å². The molecule has 0 aliphatic carbocycles. The third kappa shape index (κ3) is 4.87. The molecule has 1 atom stereocenters. The number of pyridine rings is 1. The van der Waals surface area contributed by atoms with Crippen LogP contribution in [0.2, 0.25) is 0 Å². The summed E-state index contributed by atoms with van der Waals surface area (Å²) in [6.07, 6.45) is 3.38. The van der Waals surface area contributed by atoms with Gasteiger partial charge in [-0.2, -0.15) is 5.26 Å². The molecule has 120 valence electrons. The van der Waals surface area contributed by atoms with Crippen molar-refractivity contribution in [2.45, 2.75) is 18.9 Å². The van der Waals surface area contributed by atoms with Crippen LogP contribution in [0.25, 0.3) is 0 Å². The standard InChI is InChI=1S/C16H20N6O/c17-6-5-14-2-1-9-22(14)16(23)12-19-7-8-20-15-4-3-13(10-18)11-21-15/h3-4,11,14,19H,1-2,7-9,12,17H2,(H,20,21). The summed E-state index contributed by atoms with van der Waals surface area (Å²) in [5.74, 6) is 3.62. The minimum absolute atomic E-state index is 0.0460. The van der Waals surface area contributed by atoms with Gasteiger partial charge in [-0.25, -0.2) is 4.98 Å². The number of rotatable bonds is 6. The first-order valence-corrected chi connectivity index (χ1v) is 7.56. The van der Waals surface area contributed by atoms with Gasteiger partial charge in [0.05, 0.1) is 18.2 Å². The van der Waals surface area contributed by atoms with Crippen molar-refractivity contribution in [3.8, 4) is 18.0 Å². The molecule has 0 radical (unpaired) electrons. The molecule has 2 heterocycles. The normalized spacial score (nSPS) is 16.3. The van der Waals surface area contributed by atoms with Crippen LogP contribution < -0.4 is 16.4 Å². The average molecular weight is 312 g/mol. The van der Waals surface area contributed by atoms with E-state index in [0.29, 0.717) is 24.5 Å². The van der Waals surface area contributed by atoms with Gasteiger partial charge in [-0.3, -0.25) is 4.79 Å². The van der Waals surface area contributed by atoms with E-state index in [1.165, 1.54) is 6.20 Å². The van der Waals surface area contributed by atoms with Crippen LogP contribution in [0.5, 0.6) is 0 Å². The number of nitrogens with one attached hydrogen (secondary N) is 2. The summed E-state index contributed by atoms with van der Waals surface area (Å²) in [4.78, 5) is 18.0. The molecule has 1 unspecified atom stereocenters. The highest BCUT2D eigenvalue weighted by atomic mass is 16.2. The average Bonchev–Trinajstić information content (AvgIpc) is 3.04. The zero-order chi connectivity index (χ0) is 16.5. The van der Waals surface area contributed by atoms with E-state index in [1.807, 2.05) is 6.07 Å². The molecule has 7 heteroatoms. The van der Waals surface area contributed by atoms with Gasteiger partial charge in [-0.05, 0) is 25.0 Å². The van der Waals surface area contributed by atoms with Crippen molar-refractivity contribution in [1.29, 1.82) is 5.26 Å². The van der Waals surface area contributed by atoms with Crippen molar-refractivity contribution in [3.63, 3.8) is 0 Å². The van der Waals surface area contributed by atoms with Crippen LogP contribution in [-0.4, -0.2) is 48.0 Å². The van der Waals surface area contributed by atoms with Crippen LogP contribution in [0.1, 0.15) is 18.4 Å². The van der Waals surface area contributed by atoms with Crippen molar-refractivity contribution in [3.05, 3.63) is 23.9 Å². The molecule has 1 aliphatic rings. The number of hydrogen-bond donors (Lipinski definition) is 3. The lowest BCUT2D eigenvalue weighted by atomic mass is 10.2. The number of nitrogens with zero attached hydrogens (tertiary/aromatic N) is 3. The topological polar surface area (TPSA) is 107 Å². The molecule has 1 aliphatic heterocycles. The Hall–Kier alpha value is -2.77. The van der Waals surface area contributed by atoms with Gasteiger partial charge in [0.15, 0.2) is 0 Å². The molecule has 0 spiro atoms. The molecule has 1 aromatic rings. The minimum Gasteiger partial charge on any atom is -0.369 e. The number of carbonyl (C=O) groups excluding carboxylic acids is 1. The Kier molecular flexibility index (Phi) is 6.22. The van der Waals surface area contributed by atoms with Crippen LogP contribution >= 0.6 is 0 Å². The fraction of sp³-hybridized carbons (Fsp3) is 0.438. The maximum absolute atomic E-state index is 12.1. The highest BCUT2D eigenvalue weighted by Crippen LogP contribution is 2.16. The van der Waals surface area contributed by atoms with E-state index in [1.54, 1.807) is 17.0 Å². The summed E-state index contributed by atoms with van der Waals surface area (Å²) in [7, 11) is 0. The van der Waals surface area contributed by atoms with E-state index < -0.39 is 0 Å². The third-order valence-electron chi connectivity index (χ3n) is 3.60. The number of nitrogens with two attached hydrogens (primary N) is 1. The van der Waals surface area contributed by atoms with Crippen molar-refractivity contribution >= 4 is 11.7 Å². The Balaban J connectivity index is 1.65. The van der Waals surface area contributed by atoms with Gasteiger partial charge < -0.3 is 21.3 Å². The van der Waals surface area contributed by atoms with E-state index in [-0.39, 0.29) is 18.5 Å². The molecule has 1 fully saturated rings. The number of anilines is 1. The van der Waals surface area contributed by atoms with Gasteiger partial charge in [0.1, 0.15) is 11.9 Å². The highest BCUT2D eigenvalue weighted by Gasteiger charge is 2.26. The van der Waals surface area contributed by atoms with Gasteiger partial charge >= 0.3 is 0 Å². The number of aromatic nitrogens is 1. The molecular weight excluding hydrogens is 292 g/mol. The summed E-state index contributed by atoms with van der Waals surface area (Å²) < 4.78 is 0. The van der Waals surface area contributed by atoms with Crippen molar-refractivity contribution < 1.29 is 4.79 Å². The summed E-state index contributed by atoms with van der Waals surface area (Å²) in [6, 6.07) is 7.83. The van der Waals surface area contributed by atoms with Crippen molar-refractivity contribution in [2.24, 2.45) is 5.73 Å². The lowest BCUT2D eigenvalue weighted by Gasteiger charge is -2.20. The Morgan fingerprint density at radius 1 is 1.48 bits per heavy atom. The second kappa shape index (κ2) is 8.62. The predicted molar refractivity (Wildman–Crippen MR) is 87.0 cm³/mol. The third-order valence-corrected chi connectivity index (χ3v) is 3.60. The highest BCUT2D eigenvalue weighted by molar-refractivity contribution is 5.79. The summed E-state index contributed by atoms with van der Waals surface area (Å²) in [5.41, 5.74) is 5.76. The van der Waals surface area contributed by atoms with Gasteiger partial charge in [-0.1, -0.05) is 5.92 Å². The Labute approximate surface area is 135 Å². The minimum atomic E-state index is -0.0460. The number of carbonyl (C=O) groups is 1. The fourth-order valence-electron chi connectivity index (χ4n) is 2.45. The van der Waals surface area contributed by atoms with Crippen LogP contribution in [-0.2, 0) is 4.79 Å². The maximum atomic E-state index is 12.1. The first kappa shape index (κ1) is 16.6. The summed E-state index contributed by atoms with van der Waals surface area (Å²) in [6.45, 7) is 2.30. The zero-order valence-corrected chi connectivity index (χ0v) is 12.9.